The summed E-state index contributed by atoms with van der Waals surface area (Å²) in [5.41, 5.74) is 3.09. The summed E-state index contributed by atoms with van der Waals surface area (Å²) in [6.07, 6.45) is 6.79. The summed E-state index contributed by atoms with van der Waals surface area (Å²) in [6, 6.07) is 11.9. The van der Waals surface area contributed by atoms with Crippen molar-refractivity contribution < 1.29 is 14.3 Å². The van der Waals surface area contributed by atoms with E-state index < -0.39 is 0 Å². The van der Waals surface area contributed by atoms with E-state index >= 15 is 0 Å². The van der Waals surface area contributed by atoms with E-state index in [-0.39, 0.29) is 12.3 Å². The topological polar surface area (TPSA) is 52.8 Å². The average Bonchev–Trinajstić information content (AvgIpc) is 3.03. The number of ether oxygens (including phenoxy) is 2. The second-order valence-electron chi connectivity index (χ2n) is 6.49. The molecule has 2 aromatic carbocycles. The van der Waals surface area contributed by atoms with E-state index in [4.69, 9.17) is 15.9 Å². The van der Waals surface area contributed by atoms with Crippen LogP contribution in [0.4, 0.5) is 0 Å². The molecule has 6 heteroatoms. The zero-order valence-electron chi connectivity index (χ0n) is 15.6. The molecule has 142 valence electrons. The largest absolute Gasteiger partial charge is 0.486 e. The Bertz CT molecular complexity index is 1130. The number of nitrogens with zero attached hydrogens (tertiary/aromatic N) is 2. The van der Waals surface area contributed by atoms with Gasteiger partial charge in [-0.25, -0.2) is 0 Å². The van der Waals surface area contributed by atoms with Gasteiger partial charge in [-0.1, -0.05) is 48.4 Å². The van der Waals surface area contributed by atoms with Gasteiger partial charge in [0.05, 0.1) is 23.2 Å². The molecule has 0 unspecified atom stereocenters. The van der Waals surface area contributed by atoms with E-state index in [0.29, 0.717) is 36.1 Å². The van der Waals surface area contributed by atoms with Gasteiger partial charge in [0, 0.05) is 12.1 Å². The molecular weight excluding hydrogens is 372 g/mol. The number of thiazole rings is 1. The fourth-order valence-electron chi connectivity index (χ4n) is 3.15. The van der Waals surface area contributed by atoms with Crippen molar-refractivity contribution in [3.05, 3.63) is 52.3 Å². The van der Waals surface area contributed by atoms with E-state index in [9.17, 15) is 4.79 Å². The van der Waals surface area contributed by atoms with Crippen LogP contribution < -0.4 is 14.3 Å². The zero-order valence-corrected chi connectivity index (χ0v) is 16.4. The van der Waals surface area contributed by atoms with Gasteiger partial charge in [-0.05, 0) is 17.5 Å². The SMILES string of the molecule is C#CCn1c(=NC(=O)Cc2ccc(CC)cc2)sc2cc3c(cc21)OCCO3. The Kier molecular flexibility index (Phi) is 5.18. The van der Waals surface area contributed by atoms with Crippen molar-refractivity contribution in [3.8, 4) is 23.8 Å². The summed E-state index contributed by atoms with van der Waals surface area (Å²) >= 11 is 1.43. The van der Waals surface area contributed by atoms with Gasteiger partial charge in [-0.3, -0.25) is 4.79 Å². The first-order valence-electron chi connectivity index (χ1n) is 9.19. The number of hydrogen-bond acceptors (Lipinski definition) is 4. The Hall–Kier alpha value is -3.04. The number of carbonyl (C=O) groups is 1. The molecule has 0 bridgehead atoms. The van der Waals surface area contributed by atoms with Gasteiger partial charge in [-0.15, -0.1) is 6.42 Å². The Balaban J connectivity index is 1.70. The molecular formula is C22H20N2O3S. The molecule has 0 radical (unpaired) electrons. The number of carbonyl (C=O) groups excluding carboxylic acids is 1. The highest BCUT2D eigenvalue weighted by Gasteiger charge is 2.16. The maximum atomic E-state index is 12.6. The lowest BCUT2D eigenvalue weighted by Gasteiger charge is -2.18. The van der Waals surface area contributed by atoms with E-state index in [1.54, 1.807) is 0 Å². The summed E-state index contributed by atoms with van der Waals surface area (Å²) in [5.74, 6) is 3.85. The van der Waals surface area contributed by atoms with Crippen LogP contribution in [-0.4, -0.2) is 23.7 Å². The van der Waals surface area contributed by atoms with E-state index in [1.807, 2.05) is 41.0 Å². The monoisotopic (exact) mass is 392 g/mol. The van der Waals surface area contributed by atoms with Crippen molar-refractivity contribution in [3.63, 3.8) is 0 Å². The Morgan fingerprint density at radius 1 is 1.18 bits per heavy atom. The predicted molar refractivity (Wildman–Crippen MR) is 110 cm³/mol. The standard InChI is InChI=1S/C22H20N2O3S/c1-3-9-24-17-13-18-19(27-11-10-26-18)14-20(17)28-22(24)23-21(25)12-16-7-5-15(4-2)6-8-16/h1,5-8,13-14H,4,9-12H2,2H3. The van der Waals surface area contributed by atoms with Crippen molar-refractivity contribution >= 4 is 27.5 Å². The normalized spacial score (nSPS) is 13.5. The highest BCUT2D eigenvalue weighted by atomic mass is 32.1. The lowest BCUT2D eigenvalue weighted by atomic mass is 10.1. The summed E-state index contributed by atoms with van der Waals surface area (Å²) in [5, 5.41) is 0. The van der Waals surface area contributed by atoms with E-state index in [1.165, 1.54) is 16.9 Å². The van der Waals surface area contributed by atoms with Crippen molar-refractivity contribution in [1.82, 2.24) is 4.57 Å². The quantitative estimate of drug-likeness (QED) is 0.640. The smallest absolute Gasteiger partial charge is 0.252 e. The molecule has 0 aliphatic carbocycles. The third kappa shape index (κ3) is 3.67. The third-order valence-electron chi connectivity index (χ3n) is 4.60. The number of hydrogen-bond donors (Lipinski definition) is 0. The third-order valence-corrected chi connectivity index (χ3v) is 5.64. The molecule has 0 saturated carbocycles. The van der Waals surface area contributed by atoms with Crippen LogP contribution in [0.25, 0.3) is 10.2 Å². The maximum Gasteiger partial charge on any atom is 0.252 e. The van der Waals surface area contributed by atoms with E-state index in [2.05, 4.69) is 17.8 Å². The molecule has 28 heavy (non-hydrogen) atoms. The molecule has 3 aromatic rings. The molecule has 1 aliphatic rings. The molecule has 5 nitrogen and oxygen atoms in total. The average molecular weight is 392 g/mol. The number of terminal acetylenes is 1. The molecule has 0 saturated heterocycles. The summed E-state index contributed by atoms with van der Waals surface area (Å²) in [7, 11) is 0. The lowest BCUT2D eigenvalue weighted by molar-refractivity contribution is -0.117. The van der Waals surface area contributed by atoms with Crippen LogP contribution in [0.1, 0.15) is 18.1 Å². The first-order valence-corrected chi connectivity index (χ1v) is 10.0. The van der Waals surface area contributed by atoms with Crippen molar-refractivity contribution in [2.75, 3.05) is 13.2 Å². The predicted octanol–water partition coefficient (Wildman–Crippen LogP) is 3.34. The summed E-state index contributed by atoms with van der Waals surface area (Å²) < 4.78 is 14.2. The van der Waals surface area contributed by atoms with Gasteiger partial charge < -0.3 is 14.0 Å². The molecule has 0 spiro atoms. The number of fused-ring (bicyclic) bond motifs is 2. The van der Waals surface area contributed by atoms with Crippen molar-refractivity contribution in [2.45, 2.75) is 26.3 Å². The van der Waals surface area contributed by atoms with Crippen LogP contribution in [0, 0.1) is 12.3 Å². The molecule has 0 N–H and O–H groups in total. The number of benzene rings is 2. The Labute approximate surface area is 167 Å². The second-order valence-corrected chi connectivity index (χ2v) is 7.50. The van der Waals surface area contributed by atoms with Crippen LogP contribution >= 0.6 is 11.3 Å². The molecule has 1 aromatic heterocycles. The molecule has 0 fully saturated rings. The minimum atomic E-state index is -0.196. The maximum absolute atomic E-state index is 12.6. The van der Waals surface area contributed by atoms with Crippen molar-refractivity contribution in [2.24, 2.45) is 4.99 Å². The minimum absolute atomic E-state index is 0.196. The van der Waals surface area contributed by atoms with Gasteiger partial charge in [0.15, 0.2) is 16.3 Å². The summed E-state index contributed by atoms with van der Waals surface area (Å²) in [4.78, 5) is 17.5. The van der Waals surface area contributed by atoms with Crippen LogP contribution in [0.15, 0.2) is 41.4 Å². The number of aryl methyl sites for hydroxylation is 1. The molecule has 1 aliphatic heterocycles. The highest BCUT2D eigenvalue weighted by molar-refractivity contribution is 7.16. The van der Waals surface area contributed by atoms with Crippen molar-refractivity contribution in [1.29, 1.82) is 0 Å². The van der Waals surface area contributed by atoms with Crippen LogP contribution in [0.5, 0.6) is 11.5 Å². The van der Waals surface area contributed by atoms with Gasteiger partial charge in [0.2, 0.25) is 0 Å². The molecule has 0 atom stereocenters. The molecule has 4 rings (SSSR count). The number of rotatable bonds is 4. The van der Waals surface area contributed by atoms with Crippen LogP contribution in [0.2, 0.25) is 0 Å². The van der Waals surface area contributed by atoms with Gasteiger partial charge in [-0.2, -0.15) is 4.99 Å². The number of aromatic nitrogens is 1. The highest BCUT2D eigenvalue weighted by Crippen LogP contribution is 2.35. The fraction of sp³-hybridized carbons (Fsp3) is 0.273. The summed E-state index contributed by atoms with van der Waals surface area (Å²) in [6.45, 7) is 3.48. The second kappa shape index (κ2) is 7.91. The van der Waals surface area contributed by atoms with Gasteiger partial charge in [0.25, 0.3) is 5.91 Å². The van der Waals surface area contributed by atoms with Gasteiger partial charge >= 0.3 is 0 Å². The first kappa shape index (κ1) is 18.3. The Morgan fingerprint density at radius 2 is 1.86 bits per heavy atom. The first-order chi connectivity index (χ1) is 13.7. The number of amides is 1. The van der Waals surface area contributed by atoms with E-state index in [0.717, 1.165) is 22.2 Å². The zero-order chi connectivity index (χ0) is 19.5. The minimum Gasteiger partial charge on any atom is -0.486 e. The molecule has 1 amide bonds. The molecule has 2 heterocycles. The lowest BCUT2D eigenvalue weighted by Crippen LogP contribution is -2.17. The fourth-order valence-corrected chi connectivity index (χ4v) is 4.21. The van der Waals surface area contributed by atoms with Crippen LogP contribution in [-0.2, 0) is 24.2 Å². The van der Waals surface area contributed by atoms with Gasteiger partial charge in [0.1, 0.15) is 13.2 Å². The Morgan fingerprint density at radius 3 is 2.54 bits per heavy atom. The van der Waals surface area contributed by atoms with Crippen LogP contribution in [0.3, 0.4) is 0 Å².